The van der Waals surface area contributed by atoms with Gasteiger partial charge in [0.25, 0.3) is 0 Å². The van der Waals surface area contributed by atoms with E-state index in [4.69, 9.17) is 17.2 Å². The number of carboxylic acid groups (broad SMARTS) is 1. The van der Waals surface area contributed by atoms with Crippen molar-refractivity contribution in [2.45, 2.75) is 89.5 Å². The summed E-state index contributed by atoms with van der Waals surface area (Å²) in [6, 6.07) is 1.45. The van der Waals surface area contributed by atoms with Crippen molar-refractivity contribution in [3.05, 3.63) is 36.0 Å². The Hall–Kier alpha value is -4.50. The lowest BCUT2D eigenvalue weighted by Crippen LogP contribution is -2.60. The molecule has 12 N–H and O–H groups in total. The van der Waals surface area contributed by atoms with Gasteiger partial charge in [-0.1, -0.05) is 38.5 Å². The zero-order valence-corrected chi connectivity index (χ0v) is 25.9. The van der Waals surface area contributed by atoms with Crippen LogP contribution in [-0.4, -0.2) is 82.3 Å². The van der Waals surface area contributed by atoms with Crippen LogP contribution in [0.3, 0.4) is 0 Å². The third-order valence-electron chi connectivity index (χ3n) is 7.54. The van der Waals surface area contributed by atoms with Gasteiger partial charge in [-0.15, -0.1) is 0 Å². The molecule has 1 aromatic heterocycles. The molecule has 0 saturated carbocycles. The highest BCUT2D eigenvalue weighted by molar-refractivity contribution is 5.97. The molecule has 1 heterocycles. The van der Waals surface area contributed by atoms with Crippen LogP contribution in [0.5, 0.6) is 0 Å². The third-order valence-corrected chi connectivity index (χ3v) is 7.54. The third kappa shape index (κ3) is 11.2. The molecule has 0 aliphatic rings. The molecule has 15 heteroatoms. The summed E-state index contributed by atoms with van der Waals surface area (Å²) in [5.41, 5.74) is 18.1. The van der Waals surface area contributed by atoms with Crippen molar-refractivity contribution < 1.29 is 33.9 Å². The molecule has 1 aromatic carbocycles. The Balaban J connectivity index is 2.29. The number of carbonyl (C=O) groups excluding carboxylic acids is 5. The predicted octanol–water partition coefficient (Wildman–Crippen LogP) is -0.868. The molecule has 45 heavy (non-hydrogen) atoms. The molecule has 0 unspecified atom stereocenters. The van der Waals surface area contributed by atoms with Gasteiger partial charge in [0.2, 0.25) is 29.5 Å². The fourth-order valence-electron chi connectivity index (χ4n) is 4.68. The maximum atomic E-state index is 13.7. The molecule has 2 aromatic rings. The van der Waals surface area contributed by atoms with Crippen LogP contribution >= 0.6 is 0 Å². The Morgan fingerprint density at radius 3 is 2.09 bits per heavy atom. The Bertz CT molecular complexity index is 1340. The number of para-hydroxylation sites is 1. The standard InChI is InChI=1S/C30H46N8O7/c1-4-16(2)25(29(43)37-23(14-24(33)39)27(41)35-21(30(44)45)11-7-8-12-31)38-28(42)22(36-26(40)17(3)32)13-18-15-34-20-10-6-5-9-19(18)20/h5-6,9-10,15-17,21-23,25,34H,4,7-8,11-14,31-32H2,1-3H3,(H2,33,39)(H,35,41)(H,36,40)(H,37,43)(H,38,42)(H,44,45)/t16-,17-,21-,22-,23-,25-/m0/s1. The van der Waals surface area contributed by atoms with Gasteiger partial charge in [-0.25, -0.2) is 4.79 Å². The van der Waals surface area contributed by atoms with E-state index >= 15 is 0 Å². The molecule has 6 atom stereocenters. The molecule has 0 radical (unpaired) electrons. The van der Waals surface area contributed by atoms with E-state index in [1.54, 1.807) is 20.0 Å². The summed E-state index contributed by atoms with van der Waals surface area (Å²) >= 11 is 0. The number of primary amides is 1. The highest BCUT2D eigenvalue weighted by Gasteiger charge is 2.34. The summed E-state index contributed by atoms with van der Waals surface area (Å²) < 4.78 is 0. The van der Waals surface area contributed by atoms with Crippen LogP contribution in [-0.2, 0) is 35.2 Å². The van der Waals surface area contributed by atoms with Gasteiger partial charge in [-0.2, -0.15) is 0 Å². The smallest absolute Gasteiger partial charge is 0.326 e. The highest BCUT2D eigenvalue weighted by atomic mass is 16.4. The molecular formula is C30H46N8O7. The predicted molar refractivity (Wildman–Crippen MR) is 167 cm³/mol. The summed E-state index contributed by atoms with van der Waals surface area (Å²) in [5.74, 6) is -5.60. The monoisotopic (exact) mass is 630 g/mol. The summed E-state index contributed by atoms with van der Waals surface area (Å²) in [7, 11) is 0. The van der Waals surface area contributed by atoms with E-state index in [0.29, 0.717) is 25.8 Å². The topological polar surface area (TPSA) is 265 Å². The van der Waals surface area contributed by atoms with Crippen LogP contribution in [0.1, 0.15) is 58.4 Å². The van der Waals surface area contributed by atoms with Crippen molar-refractivity contribution >= 4 is 46.4 Å². The molecule has 15 nitrogen and oxygen atoms in total. The van der Waals surface area contributed by atoms with Gasteiger partial charge >= 0.3 is 5.97 Å². The van der Waals surface area contributed by atoms with E-state index in [0.717, 1.165) is 16.5 Å². The number of aliphatic carboxylic acids is 1. The van der Waals surface area contributed by atoms with Crippen LogP contribution in [0.25, 0.3) is 10.9 Å². The van der Waals surface area contributed by atoms with Gasteiger partial charge in [0.05, 0.1) is 12.5 Å². The number of nitrogens with two attached hydrogens (primary N) is 3. The van der Waals surface area contributed by atoms with E-state index in [-0.39, 0.29) is 12.8 Å². The second kappa shape index (κ2) is 17.7. The fraction of sp³-hybridized carbons (Fsp3) is 0.533. The zero-order valence-electron chi connectivity index (χ0n) is 25.9. The Kier molecular flexibility index (Phi) is 14.4. The number of carbonyl (C=O) groups is 6. The minimum absolute atomic E-state index is 0.0800. The average molecular weight is 631 g/mol. The summed E-state index contributed by atoms with van der Waals surface area (Å²) in [6.45, 7) is 5.33. The molecule has 0 aliphatic heterocycles. The molecule has 2 rings (SSSR count). The Morgan fingerprint density at radius 2 is 1.49 bits per heavy atom. The van der Waals surface area contributed by atoms with E-state index < -0.39 is 78.1 Å². The van der Waals surface area contributed by atoms with E-state index in [1.807, 2.05) is 24.3 Å². The Labute approximate surface area is 261 Å². The van der Waals surface area contributed by atoms with E-state index in [9.17, 15) is 33.9 Å². The van der Waals surface area contributed by atoms with Gasteiger partial charge in [0.15, 0.2) is 0 Å². The van der Waals surface area contributed by atoms with Crippen LogP contribution in [0.15, 0.2) is 30.5 Å². The number of amides is 5. The van der Waals surface area contributed by atoms with E-state index in [1.165, 1.54) is 6.92 Å². The summed E-state index contributed by atoms with van der Waals surface area (Å²) in [4.78, 5) is 79.5. The zero-order chi connectivity index (χ0) is 33.7. The number of hydrogen-bond donors (Lipinski definition) is 9. The maximum absolute atomic E-state index is 13.7. The molecule has 0 bridgehead atoms. The number of fused-ring (bicyclic) bond motifs is 1. The molecule has 5 amide bonds. The first-order valence-electron chi connectivity index (χ1n) is 15.0. The number of rotatable bonds is 19. The van der Waals surface area contributed by atoms with Crippen LogP contribution < -0.4 is 38.5 Å². The van der Waals surface area contributed by atoms with Gasteiger partial charge in [0, 0.05) is 23.5 Å². The minimum atomic E-state index is -1.50. The molecule has 0 spiro atoms. The molecular weight excluding hydrogens is 584 g/mol. The lowest BCUT2D eigenvalue weighted by atomic mass is 9.96. The van der Waals surface area contributed by atoms with E-state index in [2.05, 4.69) is 26.3 Å². The largest absolute Gasteiger partial charge is 0.480 e. The highest BCUT2D eigenvalue weighted by Crippen LogP contribution is 2.20. The molecule has 248 valence electrons. The van der Waals surface area contributed by atoms with Crippen LogP contribution in [0.4, 0.5) is 0 Å². The fourth-order valence-corrected chi connectivity index (χ4v) is 4.68. The lowest BCUT2D eigenvalue weighted by Gasteiger charge is -2.28. The van der Waals surface area contributed by atoms with Gasteiger partial charge in [-0.3, -0.25) is 24.0 Å². The first-order chi connectivity index (χ1) is 21.3. The lowest BCUT2D eigenvalue weighted by molar-refractivity contribution is -0.142. The second-order valence-corrected chi connectivity index (χ2v) is 11.2. The van der Waals surface area contributed by atoms with Crippen molar-refractivity contribution in [1.29, 1.82) is 0 Å². The number of unbranched alkanes of at least 4 members (excludes halogenated alkanes) is 1. The number of H-pyrrole nitrogens is 1. The summed E-state index contributed by atoms with van der Waals surface area (Å²) in [6.07, 6.45) is 2.71. The van der Waals surface area contributed by atoms with Crippen molar-refractivity contribution in [2.75, 3.05) is 6.54 Å². The molecule has 0 saturated heterocycles. The second-order valence-electron chi connectivity index (χ2n) is 11.2. The number of benzene rings is 1. The number of aromatic amines is 1. The summed E-state index contributed by atoms with van der Waals surface area (Å²) in [5, 5.41) is 20.5. The first-order valence-corrected chi connectivity index (χ1v) is 15.0. The van der Waals surface area contributed by atoms with Gasteiger partial charge in [-0.05, 0) is 50.3 Å². The number of hydrogen-bond acceptors (Lipinski definition) is 8. The molecule has 0 fully saturated rings. The van der Waals surface area contributed by atoms with Crippen molar-refractivity contribution in [3.8, 4) is 0 Å². The van der Waals surface area contributed by atoms with Crippen molar-refractivity contribution in [1.82, 2.24) is 26.3 Å². The number of aromatic nitrogens is 1. The van der Waals surface area contributed by atoms with Crippen LogP contribution in [0.2, 0.25) is 0 Å². The van der Waals surface area contributed by atoms with Crippen molar-refractivity contribution in [2.24, 2.45) is 23.1 Å². The van der Waals surface area contributed by atoms with Crippen LogP contribution in [0, 0.1) is 5.92 Å². The Morgan fingerprint density at radius 1 is 0.867 bits per heavy atom. The van der Waals surface area contributed by atoms with Crippen molar-refractivity contribution in [3.63, 3.8) is 0 Å². The normalized spacial score (nSPS) is 15.1. The average Bonchev–Trinajstić information content (AvgIpc) is 3.40. The number of carboxylic acids is 1. The molecule has 0 aliphatic carbocycles. The minimum Gasteiger partial charge on any atom is -0.480 e. The first kappa shape index (κ1) is 36.7. The quantitative estimate of drug-likeness (QED) is 0.0872. The number of nitrogens with one attached hydrogen (secondary N) is 5. The maximum Gasteiger partial charge on any atom is 0.326 e. The SMILES string of the molecule is CC[C@H](C)[C@H](NC(=O)[C@H](Cc1c[nH]c2ccccc12)NC(=O)[C@H](C)N)C(=O)N[C@@H](CC(N)=O)C(=O)N[C@@H](CCCCN)C(=O)O. The van der Waals surface area contributed by atoms with Gasteiger partial charge < -0.3 is 48.6 Å². The van der Waals surface area contributed by atoms with Gasteiger partial charge in [0.1, 0.15) is 24.2 Å².